The van der Waals surface area contributed by atoms with Gasteiger partial charge < -0.3 is 4.90 Å². The van der Waals surface area contributed by atoms with Crippen LogP contribution < -0.4 is 0 Å². The van der Waals surface area contributed by atoms with Gasteiger partial charge in [0.25, 0.3) is 0 Å². The first-order valence-corrected chi connectivity index (χ1v) is 7.38. The highest BCUT2D eigenvalue weighted by atomic mass is 19.1. The Morgan fingerprint density at radius 2 is 1.76 bits per heavy atom. The monoisotopic (exact) mass is 296 g/mol. The molecule has 116 valence electrons. The van der Waals surface area contributed by atoms with Gasteiger partial charge in [-0.05, 0) is 18.1 Å². The maximum atomic E-state index is 13.6. The fourth-order valence-electron chi connectivity index (χ4n) is 2.65. The van der Waals surface area contributed by atoms with E-state index in [0.717, 1.165) is 44.9 Å². The molecule has 1 heterocycles. The predicted octanol–water partition coefficient (Wildman–Crippen LogP) is 2.42. The number of benzene rings is 1. The number of hydrogen-bond acceptors (Lipinski definition) is 3. The van der Waals surface area contributed by atoms with Crippen molar-refractivity contribution in [2.45, 2.75) is 13.8 Å². The minimum absolute atomic E-state index is 0.0268. The molecule has 0 saturated carbocycles. The van der Waals surface area contributed by atoms with Gasteiger partial charge in [0, 0.05) is 38.8 Å². The highest BCUT2D eigenvalue weighted by molar-refractivity contribution is 5.97. The van der Waals surface area contributed by atoms with Crippen LogP contribution in [-0.2, 0) is 0 Å². The van der Waals surface area contributed by atoms with Crippen molar-refractivity contribution in [3.63, 3.8) is 0 Å². The summed E-state index contributed by atoms with van der Waals surface area (Å²) in [7, 11) is 0. The van der Waals surface area contributed by atoms with Gasteiger partial charge in [0.2, 0.25) is 0 Å². The molecule has 0 N–H and O–H groups in total. The molecule has 0 aliphatic carbocycles. The minimum atomic E-state index is -0.779. The van der Waals surface area contributed by atoms with Crippen molar-refractivity contribution < 1.29 is 13.6 Å². The number of piperazine rings is 1. The number of carbonyl (C=O) groups excluding carboxylic acids is 1. The maximum Gasteiger partial charge on any atom is 0.179 e. The Balaban J connectivity index is 1.87. The van der Waals surface area contributed by atoms with E-state index < -0.39 is 11.6 Å². The quantitative estimate of drug-likeness (QED) is 0.780. The first-order chi connectivity index (χ1) is 9.95. The third-order valence-electron chi connectivity index (χ3n) is 3.69. The lowest BCUT2D eigenvalue weighted by atomic mass is 10.1. The summed E-state index contributed by atoms with van der Waals surface area (Å²) in [5.74, 6) is -1.10. The molecule has 1 saturated heterocycles. The average molecular weight is 296 g/mol. The predicted molar refractivity (Wildman–Crippen MR) is 78.4 cm³/mol. The van der Waals surface area contributed by atoms with Crippen molar-refractivity contribution in [3.05, 3.63) is 35.4 Å². The Morgan fingerprint density at radius 1 is 1.14 bits per heavy atom. The second-order valence-corrected chi connectivity index (χ2v) is 6.02. The Hall–Kier alpha value is -1.33. The van der Waals surface area contributed by atoms with Crippen molar-refractivity contribution in [2.75, 3.05) is 39.3 Å². The molecule has 1 aromatic carbocycles. The second kappa shape index (κ2) is 7.09. The summed E-state index contributed by atoms with van der Waals surface area (Å²) >= 11 is 0. The van der Waals surface area contributed by atoms with Gasteiger partial charge in [-0.3, -0.25) is 9.69 Å². The van der Waals surface area contributed by atoms with Crippen LogP contribution in [0, 0.1) is 17.6 Å². The number of nitrogens with zero attached hydrogens (tertiary/aromatic N) is 2. The van der Waals surface area contributed by atoms with E-state index in [9.17, 15) is 13.6 Å². The molecule has 5 heteroatoms. The summed E-state index contributed by atoms with van der Waals surface area (Å²) in [4.78, 5) is 16.5. The first-order valence-electron chi connectivity index (χ1n) is 7.38. The number of ketones is 1. The molecule has 1 aliphatic rings. The Labute approximate surface area is 124 Å². The van der Waals surface area contributed by atoms with Gasteiger partial charge in [-0.2, -0.15) is 0 Å². The molecule has 0 bridgehead atoms. The highest BCUT2D eigenvalue weighted by Gasteiger charge is 2.21. The zero-order valence-electron chi connectivity index (χ0n) is 12.6. The lowest BCUT2D eigenvalue weighted by Gasteiger charge is -2.35. The van der Waals surface area contributed by atoms with Crippen LogP contribution in [0.5, 0.6) is 0 Å². The van der Waals surface area contributed by atoms with Gasteiger partial charge in [0.1, 0.15) is 11.6 Å². The van der Waals surface area contributed by atoms with E-state index >= 15 is 0 Å². The van der Waals surface area contributed by atoms with Gasteiger partial charge in [-0.15, -0.1) is 0 Å². The molecule has 3 nitrogen and oxygen atoms in total. The topological polar surface area (TPSA) is 23.6 Å². The first kappa shape index (κ1) is 16.0. The molecular formula is C16H22F2N2O. The summed E-state index contributed by atoms with van der Waals surface area (Å²) in [5, 5.41) is 0. The molecule has 0 aromatic heterocycles. The van der Waals surface area contributed by atoms with Crippen LogP contribution in [0.3, 0.4) is 0 Å². The fourth-order valence-corrected chi connectivity index (χ4v) is 2.65. The van der Waals surface area contributed by atoms with Gasteiger partial charge in [0.05, 0.1) is 12.1 Å². The van der Waals surface area contributed by atoms with Gasteiger partial charge in [-0.1, -0.05) is 13.8 Å². The number of hydrogen-bond donors (Lipinski definition) is 0. The molecule has 0 unspecified atom stereocenters. The van der Waals surface area contributed by atoms with Crippen LogP contribution in [0.2, 0.25) is 0 Å². The fraction of sp³-hybridized carbons (Fsp3) is 0.562. The maximum absolute atomic E-state index is 13.6. The molecule has 2 rings (SSSR count). The second-order valence-electron chi connectivity index (χ2n) is 6.02. The van der Waals surface area contributed by atoms with Crippen molar-refractivity contribution in [2.24, 2.45) is 5.92 Å². The van der Waals surface area contributed by atoms with Crippen molar-refractivity contribution in [1.29, 1.82) is 0 Å². The van der Waals surface area contributed by atoms with E-state index in [2.05, 4.69) is 18.7 Å². The van der Waals surface area contributed by atoms with Crippen LogP contribution in [0.4, 0.5) is 8.78 Å². The summed E-state index contributed by atoms with van der Waals surface area (Å²) in [6.45, 7) is 9.10. The normalized spacial score (nSPS) is 17.4. The van der Waals surface area contributed by atoms with Crippen LogP contribution in [0.15, 0.2) is 18.2 Å². The third kappa shape index (κ3) is 4.58. The smallest absolute Gasteiger partial charge is 0.179 e. The summed E-state index contributed by atoms with van der Waals surface area (Å²) < 4.78 is 26.4. The van der Waals surface area contributed by atoms with E-state index in [4.69, 9.17) is 0 Å². The lowest BCUT2D eigenvalue weighted by molar-refractivity contribution is 0.0834. The molecule has 0 radical (unpaired) electrons. The molecular weight excluding hydrogens is 274 g/mol. The molecule has 0 amide bonds. The number of carbonyl (C=O) groups is 1. The molecule has 1 fully saturated rings. The molecule has 21 heavy (non-hydrogen) atoms. The summed E-state index contributed by atoms with van der Waals surface area (Å²) in [5.41, 5.74) is -0.0268. The van der Waals surface area contributed by atoms with E-state index in [1.54, 1.807) is 0 Å². The standard InChI is InChI=1S/C16H22F2N2O/c1-12(2)10-19-5-7-20(8-6-19)11-16(21)14-4-3-13(17)9-15(14)18/h3-4,9,12H,5-8,10-11H2,1-2H3. The largest absolute Gasteiger partial charge is 0.301 e. The van der Waals surface area contributed by atoms with Gasteiger partial charge in [0.15, 0.2) is 5.78 Å². The number of rotatable bonds is 5. The number of Topliss-reactive ketones (excluding diaryl/α,β-unsaturated/α-hetero) is 1. The zero-order chi connectivity index (χ0) is 15.4. The number of halogens is 2. The Kier molecular flexibility index (Phi) is 5.42. The van der Waals surface area contributed by atoms with Crippen molar-refractivity contribution in [3.8, 4) is 0 Å². The minimum Gasteiger partial charge on any atom is -0.301 e. The van der Waals surface area contributed by atoms with E-state index in [1.807, 2.05) is 4.90 Å². The molecule has 0 spiro atoms. The summed E-state index contributed by atoms with van der Waals surface area (Å²) in [6, 6.07) is 3.10. The highest BCUT2D eigenvalue weighted by Crippen LogP contribution is 2.12. The lowest BCUT2D eigenvalue weighted by Crippen LogP contribution is -2.48. The molecule has 1 aliphatic heterocycles. The zero-order valence-corrected chi connectivity index (χ0v) is 12.6. The van der Waals surface area contributed by atoms with Crippen molar-refractivity contribution in [1.82, 2.24) is 9.80 Å². The molecule has 1 aromatic rings. The molecule has 0 atom stereocenters. The van der Waals surface area contributed by atoms with Gasteiger partial charge in [-0.25, -0.2) is 8.78 Å². The van der Waals surface area contributed by atoms with E-state index in [1.165, 1.54) is 6.07 Å². The third-order valence-corrected chi connectivity index (χ3v) is 3.69. The average Bonchev–Trinajstić information content (AvgIpc) is 2.40. The van der Waals surface area contributed by atoms with Crippen LogP contribution in [0.25, 0.3) is 0 Å². The van der Waals surface area contributed by atoms with Crippen LogP contribution in [0.1, 0.15) is 24.2 Å². The Morgan fingerprint density at radius 3 is 2.33 bits per heavy atom. The van der Waals surface area contributed by atoms with Gasteiger partial charge >= 0.3 is 0 Å². The van der Waals surface area contributed by atoms with Crippen LogP contribution in [-0.4, -0.2) is 54.9 Å². The Bertz CT molecular complexity index is 497. The van der Waals surface area contributed by atoms with Crippen LogP contribution >= 0.6 is 0 Å². The summed E-state index contributed by atoms with van der Waals surface area (Å²) in [6.07, 6.45) is 0. The van der Waals surface area contributed by atoms with Crippen molar-refractivity contribution >= 4 is 5.78 Å². The van der Waals surface area contributed by atoms with E-state index in [-0.39, 0.29) is 17.9 Å². The van der Waals surface area contributed by atoms with E-state index in [0.29, 0.717) is 5.92 Å². The SMILES string of the molecule is CC(C)CN1CCN(CC(=O)c2ccc(F)cc2F)CC1.